The van der Waals surface area contributed by atoms with Crippen molar-refractivity contribution in [2.45, 2.75) is 19.1 Å². The number of morpholine rings is 1. The Morgan fingerprint density at radius 2 is 2.31 bits per heavy atom. The third kappa shape index (κ3) is 2.93. The number of para-hydroxylation sites is 1. The minimum absolute atomic E-state index is 0.135. The van der Waals surface area contributed by atoms with E-state index < -0.39 is 0 Å². The Morgan fingerprint density at radius 1 is 1.50 bits per heavy atom. The molecule has 3 nitrogen and oxygen atoms in total. The van der Waals surface area contributed by atoms with Gasteiger partial charge in [0.25, 0.3) is 0 Å². The van der Waals surface area contributed by atoms with E-state index in [0.29, 0.717) is 19.0 Å². The van der Waals surface area contributed by atoms with Crippen molar-refractivity contribution in [3.8, 4) is 5.75 Å². The van der Waals surface area contributed by atoms with Crippen LogP contribution in [0.25, 0.3) is 0 Å². The summed E-state index contributed by atoms with van der Waals surface area (Å²) >= 11 is 0. The average Bonchev–Trinajstić information content (AvgIpc) is 2.30. The van der Waals surface area contributed by atoms with Gasteiger partial charge in [-0.2, -0.15) is 0 Å². The molecule has 1 N–H and O–H groups in total. The Balaban J connectivity index is 1.81. The van der Waals surface area contributed by atoms with Gasteiger partial charge in [0.05, 0.1) is 18.8 Å². The fourth-order valence-electron chi connectivity index (χ4n) is 1.59. The van der Waals surface area contributed by atoms with Gasteiger partial charge in [-0.1, -0.05) is 12.1 Å². The first-order chi connectivity index (χ1) is 7.75. The number of rotatable bonds is 3. The van der Waals surface area contributed by atoms with Crippen molar-refractivity contribution in [3.05, 3.63) is 30.1 Å². The first-order valence-electron chi connectivity index (χ1n) is 5.48. The van der Waals surface area contributed by atoms with Crippen LogP contribution in [-0.4, -0.2) is 31.9 Å². The third-order valence-corrected chi connectivity index (χ3v) is 2.55. The van der Waals surface area contributed by atoms with Gasteiger partial charge in [-0.25, -0.2) is 4.39 Å². The van der Waals surface area contributed by atoms with Gasteiger partial charge in [0.1, 0.15) is 6.61 Å². The minimum atomic E-state index is -0.326. The van der Waals surface area contributed by atoms with Gasteiger partial charge in [-0.3, -0.25) is 0 Å². The molecule has 0 aliphatic carbocycles. The zero-order chi connectivity index (χ0) is 11.4. The Hall–Kier alpha value is -1.13. The lowest BCUT2D eigenvalue weighted by Gasteiger charge is -2.28. The van der Waals surface area contributed by atoms with Crippen LogP contribution in [0.3, 0.4) is 0 Å². The van der Waals surface area contributed by atoms with Crippen molar-refractivity contribution < 1.29 is 13.9 Å². The number of benzene rings is 1. The van der Waals surface area contributed by atoms with Crippen molar-refractivity contribution in [2.75, 3.05) is 19.8 Å². The molecule has 1 aliphatic rings. The first kappa shape index (κ1) is 11.4. The summed E-state index contributed by atoms with van der Waals surface area (Å²) in [4.78, 5) is 0. The maximum atomic E-state index is 13.2. The molecule has 0 amide bonds. The molecule has 2 unspecified atom stereocenters. The van der Waals surface area contributed by atoms with E-state index in [9.17, 15) is 4.39 Å². The fourth-order valence-corrected chi connectivity index (χ4v) is 1.59. The van der Waals surface area contributed by atoms with E-state index in [0.717, 1.165) is 6.54 Å². The molecule has 1 aromatic rings. The lowest BCUT2D eigenvalue weighted by Crippen LogP contribution is -2.48. The molecular formula is C12H16FNO2. The number of hydrogen-bond donors (Lipinski definition) is 1. The Morgan fingerprint density at radius 3 is 3.00 bits per heavy atom. The molecule has 1 fully saturated rings. The van der Waals surface area contributed by atoms with Gasteiger partial charge in [-0.15, -0.1) is 0 Å². The summed E-state index contributed by atoms with van der Waals surface area (Å²) < 4.78 is 24.1. The molecule has 1 aliphatic heterocycles. The highest BCUT2D eigenvalue weighted by Crippen LogP contribution is 2.15. The summed E-state index contributed by atoms with van der Waals surface area (Å²) in [5.74, 6) is -0.0319. The van der Waals surface area contributed by atoms with Crippen molar-refractivity contribution in [2.24, 2.45) is 0 Å². The van der Waals surface area contributed by atoms with Crippen LogP contribution < -0.4 is 10.1 Å². The van der Waals surface area contributed by atoms with E-state index >= 15 is 0 Å². The summed E-state index contributed by atoms with van der Waals surface area (Å²) in [5.41, 5.74) is 0. The van der Waals surface area contributed by atoms with Crippen LogP contribution in [0, 0.1) is 5.82 Å². The Kier molecular flexibility index (Phi) is 3.74. The highest BCUT2D eigenvalue weighted by atomic mass is 19.1. The van der Waals surface area contributed by atoms with Crippen molar-refractivity contribution in [1.82, 2.24) is 5.32 Å². The highest BCUT2D eigenvalue weighted by Gasteiger charge is 2.18. The zero-order valence-corrected chi connectivity index (χ0v) is 9.28. The van der Waals surface area contributed by atoms with E-state index in [2.05, 4.69) is 5.32 Å². The molecule has 0 radical (unpaired) electrons. The van der Waals surface area contributed by atoms with Gasteiger partial charge in [0, 0.05) is 6.54 Å². The second kappa shape index (κ2) is 5.27. The van der Waals surface area contributed by atoms with Crippen LogP contribution in [-0.2, 0) is 4.74 Å². The van der Waals surface area contributed by atoms with Gasteiger partial charge in [0.15, 0.2) is 11.6 Å². The lowest BCUT2D eigenvalue weighted by molar-refractivity contribution is 0.00423. The predicted octanol–water partition coefficient (Wildman–Crippen LogP) is 1.58. The number of halogens is 1. The number of ether oxygens (including phenoxy) is 2. The van der Waals surface area contributed by atoms with E-state index in [1.807, 2.05) is 6.92 Å². The first-order valence-corrected chi connectivity index (χ1v) is 5.48. The molecule has 4 heteroatoms. The molecule has 2 rings (SSSR count). The summed E-state index contributed by atoms with van der Waals surface area (Å²) in [7, 11) is 0. The Bertz CT molecular complexity index is 338. The van der Waals surface area contributed by atoms with Crippen LogP contribution in [0.5, 0.6) is 5.75 Å². The minimum Gasteiger partial charge on any atom is -0.489 e. The quantitative estimate of drug-likeness (QED) is 0.847. The maximum Gasteiger partial charge on any atom is 0.165 e. The van der Waals surface area contributed by atoms with Crippen molar-refractivity contribution >= 4 is 0 Å². The number of hydrogen-bond acceptors (Lipinski definition) is 3. The molecule has 2 atom stereocenters. The van der Waals surface area contributed by atoms with Crippen LogP contribution in [0.4, 0.5) is 4.39 Å². The van der Waals surface area contributed by atoms with Crippen LogP contribution in [0.2, 0.25) is 0 Å². The molecule has 16 heavy (non-hydrogen) atoms. The second-order valence-electron chi connectivity index (χ2n) is 3.99. The molecule has 0 bridgehead atoms. The van der Waals surface area contributed by atoms with Gasteiger partial charge < -0.3 is 14.8 Å². The average molecular weight is 225 g/mol. The smallest absolute Gasteiger partial charge is 0.165 e. The largest absolute Gasteiger partial charge is 0.489 e. The molecule has 0 saturated carbocycles. The molecule has 88 valence electrons. The summed E-state index contributed by atoms with van der Waals surface area (Å²) in [6.07, 6.45) is 0.240. The summed E-state index contributed by atoms with van der Waals surface area (Å²) in [6.45, 7) is 3.86. The lowest BCUT2D eigenvalue weighted by atomic mass is 10.2. The standard InChI is InChI=1S/C12H16FNO2/c1-9-6-14-10(7-15-9)8-16-12-5-3-2-4-11(12)13/h2-5,9-10,14H,6-8H2,1H3. The highest BCUT2D eigenvalue weighted by molar-refractivity contribution is 5.23. The zero-order valence-electron chi connectivity index (χ0n) is 9.28. The molecule has 0 spiro atoms. The SMILES string of the molecule is CC1CNC(COc2ccccc2F)CO1. The summed E-state index contributed by atoms with van der Waals surface area (Å²) in [6, 6.07) is 6.55. The van der Waals surface area contributed by atoms with Gasteiger partial charge >= 0.3 is 0 Å². The third-order valence-electron chi connectivity index (χ3n) is 2.55. The second-order valence-corrected chi connectivity index (χ2v) is 3.99. The van der Waals surface area contributed by atoms with E-state index in [1.165, 1.54) is 6.07 Å². The molecule has 1 aromatic carbocycles. The van der Waals surface area contributed by atoms with E-state index in [1.54, 1.807) is 18.2 Å². The van der Waals surface area contributed by atoms with E-state index in [4.69, 9.17) is 9.47 Å². The van der Waals surface area contributed by atoms with Crippen molar-refractivity contribution in [3.63, 3.8) is 0 Å². The maximum absolute atomic E-state index is 13.2. The number of nitrogens with one attached hydrogen (secondary N) is 1. The Labute approximate surface area is 94.6 Å². The van der Waals surface area contributed by atoms with Crippen LogP contribution in [0.1, 0.15) is 6.92 Å². The normalized spacial score (nSPS) is 25.4. The van der Waals surface area contributed by atoms with Gasteiger partial charge in [0.2, 0.25) is 0 Å². The van der Waals surface area contributed by atoms with Crippen molar-refractivity contribution in [1.29, 1.82) is 0 Å². The molecular weight excluding hydrogens is 209 g/mol. The topological polar surface area (TPSA) is 30.5 Å². The predicted molar refractivity (Wildman–Crippen MR) is 59.1 cm³/mol. The molecule has 1 saturated heterocycles. The molecule has 0 aromatic heterocycles. The van der Waals surface area contributed by atoms with Gasteiger partial charge in [-0.05, 0) is 19.1 Å². The summed E-state index contributed by atoms with van der Waals surface area (Å²) in [5, 5.41) is 3.29. The van der Waals surface area contributed by atoms with E-state index in [-0.39, 0.29) is 18.0 Å². The van der Waals surface area contributed by atoms with Crippen LogP contribution >= 0.6 is 0 Å². The molecule has 1 heterocycles. The monoisotopic (exact) mass is 225 g/mol. The fraction of sp³-hybridized carbons (Fsp3) is 0.500. The van der Waals surface area contributed by atoms with Crippen LogP contribution in [0.15, 0.2) is 24.3 Å².